The van der Waals surface area contributed by atoms with E-state index in [9.17, 15) is 9.90 Å². The molecular formula is C24H28N6O2. The van der Waals surface area contributed by atoms with E-state index in [1.807, 2.05) is 31.2 Å². The number of nitrogens with one attached hydrogen (secondary N) is 2. The molecule has 3 aromatic rings. The maximum Gasteiger partial charge on any atom is 0.252 e. The molecule has 1 aromatic heterocycles. The highest BCUT2D eigenvalue weighted by molar-refractivity contribution is 5.94. The van der Waals surface area contributed by atoms with Crippen molar-refractivity contribution in [3.8, 4) is 11.3 Å². The summed E-state index contributed by atoms with van der Waals surface area (Å²) in [6.07, 6.45) is 3.21. The number of anilines is 3. The van der Waals surface area contributed by atoms with Crippen molar-refractivity contribution in [3.63, 3.8) is 0 Å². The van der Waals surface area contributed by atoms with E-state index in [1.54, 1.807) is 18.3 Å². The Hall–Kier alpha value is -3.49. The molecule has 1 amide bonds. The third-order valence-corrected chi connectivity index (χ3v) is 5.61. The first kappa shape index (κ1) is 21.7. The molecule has 0 atom stereocenters. The largest absolute Gasteiger partial charge is 0.393 e. The van der Waals surface area contributed by atoms with E-state index in [2.05, 4.69) is 37.6 Å². The summed E-state index contributed by atoms with van der Waals surface area (Å²) in [5.41, 5.74) is 10.6. The van der Waals surface area contributed by atoms with Gasteiger partial charge in [-0.1, -0.05) is 12.1 Å². The lowest BCUT2D eigenvalue weighted by atomic mass is 10.1. The van der Waals surface area contributed by atoms with Crippen LogP contribution < -0.4 is 21.3 Å². The van der Waals surface area contributed by atoms with Gasteiger partial charge >= 0.3 is 0 Å². The van der Waals surface area contributed by atoms with Gasteiger partial charge in [-0.3, -0.25) is 4.79 Å². The summed E-state index contributed by atoms with van der Waals surface area (Å²) in [6, 6.07) is 15.4. The Morgan fingerprint density at radius 2 is 1.81 bits per heavy atom. The normalized spacial score (nSPS) is 14.3. The first-order valence-electron chi connectivity index (χ1n) is 10.8. The van der Waals surface area contributed by atoms with Gasteiger partial charge in [0.1, 0.15) is 0 Å². The van der Waals surface area contributed by atoms with Crippen molar-refractivity contribution in [1.29, 1.82) is 0 Å². The molecule has 0 radical (unpaired) electrons. The van der Waals surface area contributed by atoms with Crippen molar-refractivity contribution >= 4 is 23.2 Å². The predicted octanol–water partition coefficient (Wildman–Crippen LogP) is 2.80. The van der Waals surface area contributed by atoms with E-state index in [0.29, 0.717) is 11.5 Å². The summed E-state index contributed by atoms with van der Waals surface area (Å²) >= 11 is 0. The molecule has 1 saturated heterocycles. The van der Waals surface area contributed by atoms with E-state index in [-0.39, 0.29) is 18.7 Å². The number of aliphatic hydroxyl groups excluding tert-OH is 1. The molecule has 0 saturated carbocycles. The SMILES string of the molecule is Cc1cnc(Nc2ccc(N3CCC(O)CC3)cc2)nc1-c1ccc(C(=O)NCN)cc1. The summed E-state index contributed by atoms with van der Waals surface area (Å²) < 4.78 is 0. The predicted molar refractivity (Wildman–Crippen MR) is 126 cm³/mol. The lowest BCUT2D eigenvalue weighted by molar-refractivity contribution is 0.0954. The third kappa shape index (κ3) is 5.04. The fourth-order valence-electron chi connectivity index (χ4n) is 3.78. The highest BCUT2D eigenvalue weighted by Crippen LogP contribution is 2.25. The summed E-state index contributed by atoms with van der Waals surface area (Å²) in [4.78, 5) is 23.3. The van der Waals surface area contributed by atoms with Gasteiger partial charge in [-0.05, 0) is 61.7 Å². The van der Waals surface area contributed by atoms with Crippen LogP contribution in [0.4, 0.5) is 17.3 Å². The van der Waals surface area contributed by atoms with Gasteiger partial charge in [0.2, 0.25) is 5.95 Å². The zero-order valence-electron chi connectivity index (χ0n) is 18.1. The summed E-state index contributed by atoms with van der Waals surface area (Å²) in [7, 11) is 0. The number of benzene rings is 2. The lowest BCUT2D eigenvalue weighted by Gasteiger charge is -2.31. The van der Waals surface area contributed by atoms with Crippen LogP contribution in [0.3, 0.4) is 0 Å². The number of aliphatic hydroxyl groups is 1. The number of amides is 1. The molecule has 1 aliphatic rings. The van der Waals surface area contributed by atoms with Gasteiger partial charge in [0.25, 0.3) is 5.91 Å². The van der Waals surface area contributed by atoms with Crippen LogP contribution >= 0.6 is 0 Å². The van der Waals surface area contributed by atoms with Crippen molar-refractivity contribution in [2.24, 2.45) is 5.73 Å². The van der Waals surface area contributed by atoms with Crippen molar-refractivity contribution in [1.82, 2.24) is 15.3 Å². The smallest absolute Gasteiger partial charge is 0.252 e. The Kier molecular flexibility index (Phi) is 6.63. The van der Waals surface area contributed by atoms with E-state index >= 15 is 0 Å². The van der Waals surface area contributed by atoms with E-state index in [1.165, 1.54) is 0 Å². The second-order valence-electron chi connectivity index (χ2n) is 7.90. The van der Waals surface area contributed by atoms with Crippen LogP contribution in [0, 0.1) is 6.92 Å². The van der Waals surface area contributed by atoms with Crippen molar-refractivity contribution in [3.05, 3.63) is 65.9 Å². The molecule has 0 unspecified atom stereocenters. The molecule has 8 heteroatoms. The van der Waals surface area contributed by atoms with Crippen LogP contribution in [0.2, 0.25) is 0 Å². The fourth-order valence-corrected chi connectivity index (χ4v) is 3.78. The van der Waals surface area contributed by atoms with Gasteiger partial charge in [-0.2, -0.15) is 0 Å². The standard InChI is InChI=1S/C24H28N6O2/c1-16-14-26-24(29-22(16)17-2-4-18(5-3-17)23(32)27-15-25)28-19-6-8-20(9-7-19)30-12-10-21(31)11-13-30/h2-9,14,21,31H,10-13,15,25H2,1H3,(H,27,32)(H,26,28,29). The van der Waals surface area contributed by atoms with Gasteiger partial charge in [0, 0.05) is 41.8 Å². The first-order chi connectivity index (χ1) is 15.5. The van der Waals surface area contributed by atoms with E-state index in [4.69, 9.17) is 5.73 Å². The Bertz CT molecular complexity index is 1060. The minimum Gasteiger partial charge on any atom is -0.393 e. The Morgan fingerprint density at radius 3 is 2.47 bits per heavy atom. The van der Waals surface area contributed by atoms with Crippen molar-refractivity contribution < 1.29 is 9.90 Å². The molecule has 1 fully saturated rings. The number of piperidine rings is 1. The van der Waals surface area contributed by atoms with Gasteiger partial charge in [-0.25, -0.2) is 9.97 Å². The highest BCUT2D eigenvalue weighted by atomic mass is 16.3. The third-order valence-electron chi connectivity index (χ3n) is 5.61. The Labute approximate surface area is 187 Å². The minimum atomic E-state index is -0.204. The summed E-state index contributed by atoms with van der Waals surface area (Å²) in [6.45, 7) is 3.79. The van der Waals surface area contributed by atoms with Gasteiger partial charge in [0.15, 0.2) is 0 Å². The van der Waals surface area contributed by atoms with Crippen LogP contribution in [-0.2, 0) is 0 Å². The molecule has 32 heavy (non-hydrogen) atoms. The Morgan fingerprint density at radius 1 is 1.12 bits per heavy atom. The molecule has 1 aliphatic heterocycles. The molecule has 0 bridgehead atoms. The number of carbonyl (C=O) groups excluding carboxylic acids is 1. The monoisotopic (exact) mass is 432 g/mol. The van der Waals surface area contributed by atoms with Crippen LogP contribution in [0.25, 0.3) is 11.3 Å². The van der Waals surface area contributed by atoms with Crippen molar-refractivity contribution in [2.75, 3.05) is 30.0 Å². The van der Waals surface area contributed by atoms with Crippen LogP contribution in [0.1, 0.15) is 28.8 Å². The number of nitrogens with zero attached hydrogens (tertiary/aromatic N) is 3. The molecule has 4 rings (SSSR count). The zero-order chi connectivity index (χ0) is 22.5. The summed E-state index contributed by atoms with van der Waals surface area (Å²) in [5.74, 6) is 0.300. The van der Waals surface area contributed by atoms with Crippen LogP contribution in [0.15, 0.2) is 54.7 Å². The maximum atomic E-state index is 11.9. The molecule has 0 spiro atoms. The molecule has 0 aliphatic carbocycles. The topological polar surface area (TPSA) is 116 Å². The number of hydrogen-bond acceptors (Lipinski definition) is 7. The van der Waals surface area contributed by atoms with E-state index < -0.39 is 0 Å². The van der Waals surface area contributed by atoms with Crippen molar-refractivity contribution in [2.45, 2.75) is 25.9 Å². The fraction of sp³-hybridized carbons (Fsp3) is 0.292. The molecule has 2 aromatic carbocycles. The number of aryl methyl sites for hydroxylation is 1. The molecule has 8 nitrogen and oxygen atoms in total. The lowest BCUT2D eigenvalue weighted by Crippen LogP contribution is -2.35. The van der Waals surface area contributed by atoms with Gasteiger partial charge in [-0.15, -0.1) is 0 Å². The number of rotatable bonds is 6. The zero-order valence-corrected chi connectivity index (χ0v) is 18.1. The average molecular weight is 433 g/mol. The van der Waals surface area contributed by atoms with Gasteiger partial charge in [0.05, 0.1) is 18.5 Å². The van der Waals surface area contributed by atoms with Crippen LogP contribution in [0.5, 0.6) is 0 Å². The van der Waals surface area contributed by atoms with Crippen LogP contribution in [-0.4, -0.2) is 46.8 Å². The number of nitrogens with two attached hydrogens (primary N) is 1. The second-order valence-corrected chi connectivity index (χ2v) is 7.90. The highest BCUT2D eigenvalue weighted by Gasteiger charge is 2.17. The minimum absolute atomic E-state index is 0.1000. The molecule has 5 N–H and O–H groups in total. The van der Waals surface area contributed by atoms with Gasteiger partial charge < -0.3 is 26.4 Å². The first-order valence-corrected chi connectivity index (χ1v) is 10.8. The quantitative estimate of drug-likeness (QED) is 0.443. The number of carbonyl (C=O) groups is 1. The van der Waals surface area contributed by atoms with E-state index in [0.717, 1.165) is 54.1 Å². The average Bonchev–Trinajstić information content (AvgIpc) is 2.82. The molecule has 166 valence electrons. The Balaban J connectivity index is 1.47. The molecule has 2 heterocycles. The molecular weight excluding hydrogens is 404 g/mol. The summed E-state index contributed by atoms with van der Waals surface area (Å²) in [5, 5.41) is 15.5. The number of aromatic nitrogens is 2. The maximum absolute atomic E-state index is 11.9. The second kappa shape index (κ2) is 9.76. The number of hydrogen-bond donors (Lipinski definition) is 4.